The lowest BCUT2D eigenvalue weighted by atomic mass is 10.5. The summed E-state index contributed by atoms with van der Waals surface area (Å²) < 4.78 is 28.0. The summed E-state index contributed by atoms with van der Waals surface area (Å²) in [7, 11) is -3.54. The smallest absolute Gasteiger partial charge is 0.242 e. The minimum Gasteiger partial charge on any atom is -0.336 e. The van der Waals surface area contributed by atoms with Crippen LogP contribution in [0.5, 0.6) is 0 Å². The standard InChI is InChI=1S/C10H11ClN4O2S/c11-10-2-1-9(7-13-10)18(16,17)14-4-6-15-5-3-12-8-15/h1-3,5,7-8,14H,4,6H2. The Bertz CT molecular complexity index is 595. The van der Waals surface area contributed by atoms with Crippen molar-refractivity contribution in [2.45, 2.75) is 11.4 Å². The highest BCUT2D eigenvalue weighted by Crippen LogP contribution is 2.10. The number of hydrogen-bond acceptors (Lipinski definition) is 4. The summed E-state index contributed by atoms with van der Waals surface area (Å²) in [4.78, 5) is 7.70. The average Bonchev–Trinajstić information content (AvgIpc) is 2.82. The maximum Gasteiger partial charge on any atom is 0.242 e. The first-order chi connectivity index (χ1) is 8.58. The van der Waals surface area contributed by atoms with Crippen LogP contribution >= 0.6 is 11.6 Å². The molecule has 2 heterocycles. The average molecular weight is 287 g/mol. The van der Waals surface area contributed by atoms with Crippen molar-refractivity contribution < 1.29 is 8.42 Å². The number of hydrogen-bond donors (Lipinski definition) is 1. The fourth-order valence-corrected chi connectivity index (χ4v) is 2.41. The van der Waals surface area contributed by atoms with Crippen molar-refractivity contribution in [3.63, 3.8) is 0 Å². The van der Waals surface area contributed by atoms with Crippen molar-refractivity contribution in [3.8, 4) is 0 Å². The molecule has 0 aliphatic rings. The number of halogens is 1. The van der Waals surface area contributed by atoms with Crippen LogP contribution in [-0.2, 0) is 16.6 Å². The Morgan fingerprint density at radius 3 is 2.83 bits per heavy atom. The predicted molar refractivity (Wildman–Crippen MR) is 66.7 cm³/mol. The van der Waals surface area contributed by atoms with Crippen LogP contribution < -0.4 is 4.72 Å². The van der Waals surface area contributed by atoms with E-state index in [0.29, 0.717) is 6.54 Å². The summed E-state index contributed by atoms with van der Waals surface area (Å²) in [5.74, 6) is 0. The van der Waals surface area contributed by atoms with Crippen molar-refractivity contribution in [1.82, 2.24) is 19.3 Å². The van der Waals surface area contributed by atoms with Gasteiger partial charge >= 0.3 is 0 Å². The molecule has 0 fully saturated rings. The highest BCUT2D eigenvalue weighted by atomic mass is 35.5. The van der Waals surface area contributed by atoms with E-state index in [1.54, 1.807) is 23.3 Å². The molecular weight excluding hydrogens is 276 g/mol. The number of imidazole rings is 1. The van der Waals surface area contributed by atoms with Gasteiger partial charge in [0.2, 0.25) is 10.0 Å². The molecule has 2 aromatic heterocycles. The van der Waals surface area contributed by atoms with Crippen molar-refractivity contribution >= 4 is 21.6 Å². The molecule has 0 aliphatic heterocycles. The largest absolute Gasteiger partial charge is 0.336 e. The van der Waals surface area contributed by atoms with Crippen molar-refractivity contribution in [2.75, 3.05) is 6.54 Å². The summed E-state index contributed by atoms with van der Waals surface area (Å²) in [6, 6.07) is 2.85. The van der Waals surface area contributed by atoms with Crippen LogP contribution in [0, 0.1) is 0 Å². The second kappa shape index (κ2) is 5.47. The Morgan fingerprint density at radius 1 is 1.39 bits per heavy atom. The molecule has 96 valence electrons. The van der Waals surface area contributed by atoms with Crippen LogP contribution in [0.4, 0.5) is 0 Å². The summed E-state index contributed by atoms with van der Waals surface area (Å²) in [5, 5.41) is 0.257. The van der Waals surface area contributed by atoms with Gasteiger partial charge in [-0.3, -0.25) is 0 Å². The Morgan fingerprint density at radius 2 is 2.22 bits per heavy atom. The topological polar surface area (TPSA) is 76.9 Å². The zero-order valence-electron chi connectivity index (χ0n) is 9.32. The monoisotopic (exact) mass is 286 g/mol. The molecule has 0 aromatic carbocycles. The van der Waals surface area contributed by atoms with E-state index in [1.165, 1.54) is 18.3 Å². The number of aromatic nitrogens is 3. The van der Waals surface area contributed by atoms with Gasteiger partial charge in [0.15, 0.2) is 0 Å². The molecule has 1 N–H and O–H groups in total. The first-order valence-electron chi connectivity index (χ1n) is 5.15. The van der Waals surface area contributed by atoms with Crippen LogP contribution in [0.2, 0.25) is 5.15 Å². The fraction of sp³-hybridized carbons (Fsp3) is 0.200. The highest BCUT2D eigenvalue weighted by molar-refractivity contribution is 7.89. The van der Waals surface area contributed by atoms with Gasteiger partial charge in [0, 0.05) is 31.7 Å². The number of rotatable bonds is 5. The van der Waals surface area contributed by atoms with E-state index in [0.717, 1.165) is 0 Å². The molecule has 0 bridgehead atoms. The first-order valence-corrected chi connectivity index (χ1v) is 7.01. The second-order valence-electron chi connectivity index (χ2n) is 3.51. The van der Waals surface area contributed by atoms with Crippen LogP contribution in [-0.4, -0.2) is 29.5 Å². The third-order valence-corrected chi connectivity index (χ3v) is 3.90. The summed E-state index contributed by atoms with van der Waals surface area (Å²) in [5.41, 5.74) is 0. The van der Waals surface area contributed by atoms with Crippen molar-refractivity contribution in [3.05, 3.63) is 42.2 Å². The van der Waals surface area contributed by atoms with Gasteiger partial charge in [0.1, 0.15) is 10.0 Å². The van der Waals surface area contributed by atoms with Gasteiger partial charge < -0.3 is 4.57 Å². The zero-order valence-corrected chi connectivity index (χ0v) is 10.9. The lowest BCUT2D eigenvalue weighted by molar-refractivity contribution is 0.572. The molecule has 0 unspecified atom stereocenters. The predicted octanol–water partition coefficient (Wildman–Crippen LogP) is 0.910. The van der Waals surface area contributed by atoms with E-state index >= 15 is 0 Å². The Labute approximate surface area is 110 Å². The van der Waals surface area contributed by atoms with Gasteiger partial charge in [0.05, 0.1) is 6.33 Å². The normalized spacial score (nSPS) is 11.6. The lowest BCUT2D eigenvalue weighted by Crippen LogP contribution is -2.27. The molecule has 0 spiro atoms. The van der Waals surface area contributed by atoms with Gasteiger partial charge in [-0.05, 0) is 12.1 Å². The zero-order chi connectivity index (χ0) is 13.0. The molecule has 6 nitrogen and oxygen atoms in total. The third-order valence-electron chi connectivity index (χ3n) is 2.23. The molecule has 0 radical (unpaired) electrons. The molecular formula is C10H11ClN4O2S. The van der Waals surface area contributed by atoms with Crippen LogP contribution in [0.3, 0.4) is 0 Å². The van der Waals surface area contributed by atoms with Crippen LogP contribution in [0.15, 0.2) is 41.9 Å². The minimum absolute atomic E-state index is 0.0949. The number of nitrogens with zero attached hydrogens (tertiary/aromatic N) is 3. The summed E-state index contributed by atoms with van der Waals surface area (Å²) >= 11 is 5.60. The molecule has 0 saturated heterocycles. The molecule has 0 atom stereocenters. The van der Waals surface area contributed by atoms with Gasteiger partial charge in [-0.25, -0.2) is 23.1 Å². The highest BCUT2D eigenvalue weighted by Gasteiger charge is 2.13. The molecule has 8 heteroatoms. The summed E-state index contributed by atoms with van der Waals surface area (Å²) in [6.45, 7) is 0.793. The molecule has 0 amide bonds. The van der Waals surface area contributed by atoms with E-state index in [-0.39, 0.29) is 16.6 Å². The van der Waals surface area contributed by atoms with E-state index in [9.17, 15) is 8.42 Å². The maximum atomic E-state index is 11.9. The van der Waals surface area contributed by atoms with Gasteiger partial charge in [-0.1, -0.05) is 11.6 Å². The number of sulfonamides is 1. The van der Waals surface area contributed by atoms with E-state index in [1.807, 2.05) is 0 Å². The van der Waals surface area contributed by atoms with Crippen LogP contribution in [0.1, 0.15) is 0 Å². The lowest BCUT2D eigenvalue weighted by Gasteiger charge is -2.06. The molecule has 2 rings (SSSR count). The Kier molecular flexibility index (Phi) is 3.95. The maximum absolute atomic E-state index is 11.9. The van der Waals surface area contributed by atoms with Gasteiger partial charge in [-0.2, -0.15) is 0 Å². The second-order valence-corrected chi connectivity index (χ2v) is 5.67. The molecule has 2 aromatic rings. The molecule has 0 saturated carbocycles. The number of nitrogens with one attached hydrogen (secondary N) is 1. The Hall–Kier alpha value is -1.44. The minimum atomic E-state index is -3.54. The van der Waals surface area contributed by atoms with Crippen molar-refractivity contribution in [2.24, 2.45) is 0 Å². The van der Waals surface area contributed by atoms with Gasteiger partial charge in [-0.15, -0.1) is 0 Å². The van der Waals surface area contributed by atoms with E-state index in [2.05, 4.69) is 14.7 Å². The molecule has 0 aliphatic carbocycles. The fourth-order valence-electron chi connectivity index (χ4n) is 1.33. The Balaban J connectivity index is 1.97. The van der Waals surface area contributed by atoms with Crippen LogP contribution in [0.25, 0.3) is 0 Å². The van der Waals surface area contributed by atoms with Gasteiger partial charge in [0.25, 0.3) is 0 Å². The quantitative estimate of drug-likeness (QED) is 0.829. The molecule has 18 heavy (non-hydrogen) atoms. The SMILES string of the molecule is O=S(=O)(NCCn1ccnc1)c1ccc(Cl)nc1. The van der Waals surface area contributed by atoms with E-state index in [4.69, 9.17) is 11.6 Å². The van der Waals surface area contributed by atoms with Crippen molar-refractivity contribution in [1.29, 1.82) is 0 Å². The number of pyridine rings is 1. The first kappa shape index (κ1) is 13.0. The summed E-state index contributed by atoms with van der Waals surface area (Å²) in [6.07, 6.45) is 6.25. The third kappa shape index (κ3) is 3.28. The van der Waals surface area contributed by atoms with E-state index < -0.39 is 10.0 Å².